The lowest BCUT2D eigenvalue weighted by molar-refractivity contribution is -0.384. The lowest BCUT2D eigenvalue weighted by atomic mass is 10.0. The van der Waals surface area contributed by atoms with Crippen LogP contribution >= 0.6 is 0 Å². The molecule has 0 spiro atoms. The molecule has 0 saturated carbocycles. The first-order chi connectivity index (χ1) is 9.58. The molecular weight excluding hydrogens is 286 g/mol. The number of aliphatic hydroxyl groups is 1. The maximum absolute atomic E-state index is 10.8. The van der Waals surface area contributed by atoms with E-state index in [1.807, 2.05) is 0 Å². The van der Waals surface area contributed by atoms with Crippen LogP contribution in [0.3, 0.4) is 0 Å². The molecule has 0 aliphatic carbocycles. The molecule has 1 aromatic rings. The van der Waals surface area contributed by atoms with Crippen LogP contribution in [0.2, 0.25) is 18.1 Å². The van der Waals surface area contributed by atoms with Gasteiger partial charge in [-0.25, -0.2) is 0 Å². The van der Waals surface area contributed by atoms with Gasteiger partial charge in [-0.15, -0.1) is 0 Å². The summed E-state index contributed by atoms with van der Waals surface area (Å²) in [7, 11) is -1.87. The molecule has 0 unspecified atom stereocenters. The monoisotopic (exact) mass is 311 g/mol. The van der Waals surface area contributed by atoms with Gasteiger partial charge in [0.2, 0.25) is 0 Å². The number of benzene rings is 1. The van der Waals surface area contributed by atoms with E-state index in [1.54, 1.807) is 6.07 Å². The minimum Gasteiger partial charge on any atom is -0.413 e. The third kappa shape index (κ3) is 4.62. The van der Waals surface area contributed by atoms with Crippen LogP contribution in [-0.4, -0.2) is 25.0 Å². The summed E-state index contributed by atoms with van der Waals surface area (Å²) in [4.78, 5) is 10.4. The van der Waals surface area contributed by atoms with E-state index in [9.17, 15) is 10.1 Å². The van der Waals surface area contributed by atoms with Crippen LogP contribution in [0.5, 0.6) is 0 Å². The van der Waals surface area contributed by atoms with Crippen molar-refractivity contribution in [2.45, 2.75) is 51.9 Å². The van der Waals surface area contributed by atoms with E-state index in [0.717, 1.165) is 11.1 Å². The van der Waals surface area contributed by atoms with Gasteiger partial charge >= 0.3 is 0 Å². The largest absolute Gasteiger partial charge is 0.413 e. The van der Waals surface area contributed by atoms with Gasteiger partial charge in [0, 0.05) is 18.7 Å². The third-order valence-corrected chi connectivity index (χ3v) is 8.65. The summed E-state index contributed by atoms with van der Waals surface area (Å²) in [6.07, 6.45) is 0.401. The highest BCUT2D eigenvalue weighted by Gasteiger charge is 2.37. The highest BCUT2D eigenvalue weighted by molar-refractivity contribution is 6.74. The standard InChI is InChI=1S/C15H25NO4Si/c1-15(2,3)21(4,5)20-11-13-6-7-14(16(18)19)10-12(13)8-9-17/h6-7,10,17H,8-9,11H2,1-5H3. The maximum atomic E-state index is 10.8. The summed E-state index contributed by atoms with van der Waals surface area (Å²) in [6, 6.07) is 4.75. The average molecular weight is 311 g/mol. The summed E-state index contributed by atoms with van der Waals surface area (Å²) in [5.74, 6) is 0. The molecule has 118 valence electrons. The number of aliphatic hydroxyl groups excluding tert-OH is 1. The van der Waals surface area contributed by atoms with Gasteiger partial charge in [-0.3, -0.25) is 10.1 Å². The average Bonchev–Trinajstić information content (AvgIpc) is 2.36. The van der Waals surface area contributed by atoms with Crippen LogP contribution in [0.25, 0.3) is 0 Å². The minimum absolute atomic E-state index is 0.0335. The van der Waals surface area contributed by atoms with Crippen LogP contribution in [-0.2, 0) is 17.5 Å². The van der Waals surface area contributed by atoms with E-state index in [4.69, 9.17) is 9.53 Å². The quantitative estimate of drug-likeness (QED) is 0.494. The summed E-state index contributed by atoms with van der Waals surface area (Å²) < 4.78 is 6.15. The number of hydrogen-bond donors (Lipinski definition) is 1. The van der Waals surface area contributed by atoms with Crippen LogP contribution in [0.15, 0.2) is 18.2 Å². The van der Waals surface area contributed by atoms with Gasteiger partial charge in [0.25, 0.3) is 5.69 Å². The van der Waals surface area contributed by atoms with Crippen LogP contribution in [0.1, 0.15) is 31.9 Å². The summed E-state index contributed by atoms with van der Waals surface area (Å²) in [5, 5.41) is 20.1. The molecule has 1 rings (SSSR count). The van der Waals surface area contributed by atoms with Gasteiger partial charge in [-0.2, -0.15) is 0 Å². The molecule has 0 aliphatic heterocycles. The molecule has 0 amide bonds. The molecule has 0 heterocycles. The van der Waals surface area contributed by atoms with Crippen molar-refractivity contribution in [2.75, 3.05) is 6.61 Å². The van der Waals surface area contributed by atoms with Crippen molar-refractivity contribution in [3.63, 3.8) is 0 Å². The van der Waals surface area contributed by atoms with Crippen molar-refractivity contribution in [2.24, 2.45) is 0 Å². The summed E-state index contributed by atoms with van der Waals surface area (Å²) >= 11 is 0. The van der Waals surface area contributed by atoms with Crippen molar-refractivity contribution in [1.29, 1.82) is 0 Å². The van der Waals surface area contributed by atoms with E-state index >= 15 is 0 Å². The Labute approximate surface area is 127 Å². The van der Waals surface area contributed by atoms with Crippen LogP contribution in [0.4, 0.5) is 5.69 Å². The van der Waals surface area contributed by atoms with Crippen LogP contribution in [0, 0.1) is 10.1 Å². The Morgan fingerprint density at radius 1 is 1.29 bits per heavy atom. The van der Waals surface area contributed by atoms with E-state index in [0.29, 0.717) is 13.0 Å². The number of nitro benzene ring substituents is 1. The second-order valence-corrected chi connectivity index (χ2v) is 11.5. The number of rotatable bonds is 6. The van der Waals surface area contributed by atoms with Crippen molar-refractivity contribution >= 4 is 14.0 Å². The van der Waals surface area contributed by atoms with Crippen molar-refractivity contribution in [3.8, 4) is 0 Å². The lowest BCUT2D eigenvalue weighted by Gasteiger charge is -2.36. The van der Waals surface area contributed by atoms with E-state index < -0.39 is 13.2 Å². The number of nitro groups is 1. The molecule has 0 atom stereocenters. The smallest absolute Gasteiger partial charge is 0.269 e. The zero-order valence-corrected chi connectivity index (χ0v) is 14.5. The third-order valence-electron chi connectivity index (χ3n) is 4.18. The number of hydrogen-bond acceptors (Lipinski definition) is 4. The zero-order valence-electron chi connectivity index (χ0n) is 13.5. The second-order valence-electron chi connectivity index (χ2n) is 6.73. The molecule has 6 heteroatoms. The van der Waals surface area contributed by atoms with Crippen molar-refractivity contribution in [3.05, 3.63) is 39.4 Å². The first-order valence-corrected chi connectivity index (χ1v) is 10.0. The zero-order chi connectivity index (χ0) is 16.3. The second kappa shape index (κ2) is 6.68. The van der Waals surface area contributed by atoms with E-state index in [2.05, 4.69) is 33.9 Å². The molecule has 5 nitrogen and oxygen atoms in total. The highest BCUT2D eigenvalue weighted by atomic mass is 28.4. The van der Waals surface area contributed by atoms with Crippen LogP contribution < -0.4 is 0 Å². The first kappa shape index (κ1) is 17.8. The number of nitrogens with zero attached hydrogens (tertiary/aromatic N) is 1. The SMILES string of the molecule is CC(C)(C)[Si](C)(C)OCc1ccc([N+](=O)[O-])cc1CCO. The normalized spacial score (nSPS) is 12.5. The molecule has 1 aromatic carbocycles. The fraction of sp³-hybridized carbons (Fsp3) is 0.600. The molecule has 0 saturated heterocycles. The van der Waals surface area contributed by atoms with Gasteiger partial charge in [0.05, 0.1) is 11.5 Å². The van der Waals surface area contributed by atoms with Gasteiger partial charge < -0.3 is 9.53 Å². The fourth-order valence-corrected chi connectivity index (χ4v) is 2.64. The van der Waals surface area contributed by atoms with Crippen molar-refractivity contribution < 1.29 is 14.5 Å². The molecule has 0 fully saturated rings. The van der Waals surface area contributed by atoms with Crippen molar-refractivity contribution in [1.82, 2.24) is 0 Å². The van der Waals surface area contributed by atoms with Gasteiger partial charge in [0.1, 0.15) is 0 Å². The first-order valence-electron chi connectivity index (χ1n) is 7.09. The Kier molecular flexibility index (Phi) is 5.66. The predicted octanol–water partition coefficient (Wildman–Crippen LogP) is 3.65. The summed E-state index contributed by atoms with van der Waals surface area (Å²) in [6.45, 7) is 11.3. The summed E-state index contributed by atoms with van der Waals surface area (Å²) in [5.41, 5.74) is 1.75. The van der Waals surface area contributed by atoms with Gasteiger partial charge in [-0.05, 0) is 41.7 Å². The Morgan fingerprint density at radius 2 is 1.90 bits per heavy atom. The molecule has 0 aromatic heterocycles. The Hall–Kier alpha value is -1.24. The predicted molar refractivity (Wildman–Crippen MR) is 85.9 cm³/mol. The molecular formula is C15H25NO4Si. The minimum atomic E-state index is -1.87. The fourth-order valence-electron chi connectivity index (χ4n) is 1.69. The van der Waals surface area contributed by atoms with Gasteiger partial charge in [0.15, 0.2) is 8.32 Å². The van der Waals surface area contributed by atoms with E-state index in [-0.39, 0.29) is 17.3 Å². The van der Waals surface area contributed by atoms with Gasteiger partial charge in [-0.1, -0.05) is 20.8 Å². The lowest BCUT2D eigenvalue weighted by Crippen LogP contribution is -2.40. The topological polar surface area (TPSA) is 72.6 Å². The Balaban J connectivity index is 2.95. The van der Waals surface area contributed by atoms with E-state index in [1.165, 1.54) is 12.1 Å². The Bertz CT molecular complexity index is 509. The maximum Gasteiger partial charge on any atom is 0.269 e. The molecule has 1 N–H and O–H groups in total. The Morgan fingerprint density at radius 3 is 2.38 bits per heavy atom. The molecule has 0 bridgehead atoms. The number of non-ortho nitro benzene ring substituents is 1. The molecule has 0 aliphatic rings. The molecule has 21 heavy (non-hydrogen) atoms. The molecule has 0 radical (unpaired) electrons. The highest BCUT2D eigenvalue weighted by Crippen LogP contribution is 2.37.